The van der Waals surface area contributed by atoms with E-state index in [4.69, 9.17) is 4.74 Å². The maximum atomic E-state index is 5.31. The number of hydrogen-bond acceptors (Lipinski definition) is 4. The number of rotatable bonds is 4. The molecule has 0 amide bonds. The molecule has 2 aromatic rings. The first-order chi connectivity index (χ1) is 10.8. The van der Waals surface area contributed by atoms with Crippen LogP contribution in [0.25, 0.3) is 0 Å². The largest absolute Gasteiger partial charge is 0.378 e. The maximum absolute atomic E-state index is 5.31. The fourth-order valence-electron chi connectivity index (χ4n) is 2.40. The number of hydrazone groups is 1. The fraction of sp³-hybridized carbons (Fsp3) is 0.278. The van der Waals surface area contributed by atoms with Crippen LogP contribution in [0.4, 0.5) is 11.4 Å². The van der Waals surface area contributed by atoms with Crippen LogP contribution in [0, 0.1) is 0 Å². The summed E-state index contributed by atoms with van der Waals surface area (Å²) in [5.41, 5.74) is 3.45. The zero-order valence-corrected chi connectivity index (χ0v) is 12.9. The Kier molecular flexibility index (Phi) is 4.71. The highest BCUT2D eigenvalue weighted by Crippen LogP contribution is 2.22. The summed E-state index contributed by atoms with van der Waals surface area (Å²) < 4.78 is 5.31. The first-order valence-corrected chi connectivity index (χ1v) is 7.58. The first kappa shape index (κ1) is 14.6. The minimum absolute atomic E-state index is 0.762. The molecule has 2 aromatic carbocycles. The Hall–Kier alpha value is -2.33. The van der Waals surface area contributed by atoms with Gasteiger partial charge in [0.1, 0.15) is 0 Å². The van der Waals surface area contributed by atoms with Crippen molar-refractivity contribution in [2.24, 2.45) is 5.10 Å². The van der Waals surface area contributed by atoms with Crippen molar-refractivity contribution < 1.29 is 4.74 Å². The average Bonchev–Trinajstić information content (AvgIpc) is 2.61. The van der Waals surface area contributed by atoms with Gasteiger partial charge in [-0.3, -0.25) is 5.01 Å². The van der Waals surface area contributed by atoms with Gasteiger partial charge in [0, 0.05) is 18.4 Å². The number of hydrogen-bond donors (Lipinski definition) is 0. The van der Waals surface area contributed by atoms with E-state index in [-0.39, 0.29) is 0 Å². The Balaban J connectivity index is 1.66. The lowest BCUT2D eigenvalue weighted by molar-refractivity contribution is 0.0397. The standard InChI is InChI=1S/C18H21N3O/c1-20(17-5-3-2-4-6-17)18-9-7-16(8-10-18)15-19-21-11-13-22-14-12-21/h2-10,15H,11-14H2,1H3/b19-15-. The van der Waals surface area contributed by atoms with Crippen LogP contribution in [0.2, 0.25) is 0 Å². The Morgan fingerprint density at radius 1 is 0.955 bits per heavy atom. The SMILES string of the molecule is CN(c1ccccc1)c1ccc(/C=N\N2CCOCC2)cc1. The number of para-hydroxylation sites is 1. The van der Waals surface area contributed by atoms with Crippen LogP contribution < -0.4 is 4.90 Å². The molecule has 0 unspecified atom stereocenters. The second-order valence-corrected chi connectivity index (χ2v) is 5.30. The molecular formula is C18H21N3O. The van der Waals surface area contributed by atoms with Crippen LogP contribution in [0.5, 0.6) is 0 Å². The van der Waals surface area contributed by atoms with Crippen LogP contribution in [-0.4, -0.2) is 44.6 Å². The summed E-state index contributed by atoms with van der Waals surface area (Å²) in [4.78, 5) is 2.17. The average molecular weight is 295 g/mol. The van der Waals surface area contributed by atoms with E-state index in [1.165, 1.54) is 5.69 Å². The van der Waals surface area contributed by atoms with Gasteiger partial charge in [-0.25, -0.2) is 0 Å². The Morgan fingerprint density at radius 2 is 1.59 bits per heavy atom. The third-order valence-electron chi connectivity index (χ3n) is 3.78. The molecule has 4 heteroatoms. The monoisotopic (exact) mass is 295 g/mol. The predicted octanol–water partition coefficient (Wildman–Crippen LogP) is 3.12. The summed E-state index contributed by atoms with van der Waals surface area (Å²) in [6.07, 6.45) is 1.91. The molecule has 0 N–H and O–H groups in total. The van der Waals surface area contributed by atoms with Crippen LogP contribution in [0.15, 0.2) is 59.7 Å². The van der Waals surface area contributed by atoms with Gasteiger partial charge in [-0.15, -0.1) is 0 Å². The van der Waals surface area contributed by atoms with Crippen LogP contribution >= 0.6 is 0 Å². The second-order valence-electron chi connectivity index (χ2n) is 5.30. The minimum Gasteiger partial charge on any atom is -0.378 e. The second kappa shape index (κ2) is 7.09. The molecule has 1 fully saturated rings. The van der Waals surface area contributed by atoms with Crippen molar-refractivity contribution in [1.29, 1.82) is 0 Å². The highest BCUT2D eigenvalue weighted by Gasteiger charge is 2.06. The molecule has 114 valence electrons. The summed E-state index contributed by atoms with van der Waals surface area (Å²) >= 11 is 0. The van der Waals surface area contributed by atoms with Gasteiger partial charge < -0.3 is 9.64 Å². The van der Waals surface area contributed by atoms with E-state index < -0.39 is 0 Å². The summed E-state index contributed by atoms with van der Waals surface area (Å²) in [7, 11) is 2.08. The lowest BCUT2D eigenvalue weighted by Gasteiger charge is -2.23. The van der Waals surface area contributed by atoms with E-state index >= 15 is 0 Å². The molecule has 0 aliphatic carbocycles. The lowest BCUT2D eigenvalue weighted by Crippen LogP contribution is -2.32. The molecule has 0 atom stereocenters. The van der Waals surface area contributed by atoms with E-state index in [2.05, 4.69) is 65.6 Å². The number of benzene rings is 2. The van der Waals surface area contributed by atoms with Crippen molar-refractivity contribution in [1.82, 2.24) is 5.01 Å². The highest BCUT2D eigenvalue weighted by atomic mass is 16.5. The lowest BCUT2D eigenvalue weighted by atomic mass is 10.2. The van der Waals surface area contributed by atoms with Crippen molar-refractivity contribution in [3.63, 3.8) is 0 Å². The molecule has 0 radical (unpaired) electrons. The first-order valence-electron chi connectivity index (χ1n) is 7.58. The molecule has 0 spiro atoms. The van der Waals surface area contributed by atoms with Crippen molar-refractivity contribution >= 4 is 17.6 Å². The van der Waals surface area contributed by atoms with Crippen LogP contribution in [-0.2, 0) is 4.74 Å². The van der Waals surface area contributed by atoms with Crippen molar-refractivity contribution in [2.75, 3.05) is 38.3 Å². The van der Waals surface area contributed by atoms with Gasteiger partial charge in [-0.2, -0.15) is 5.10 Å². The summed E-state index contributed by atoms with van der Waals surface area (Å²) in [5.74, 6) is 0. The molecule has 1 aliphatic heterocycles. The topological polar surface area (TPSA) is 28.1 Å². The van der Waals surface area contributed by atoms with Gasteiger partial charge in [0.15, 0.2) is 0 Å². The Bertz CT molecular complexity index is 604. The van der Waals surface area contributed by atoms with E-state index in [9.17, 15) is 0 Å². The molecule has 1 aliphatic rings. The van der Waals surface area contributed by atoms with Gasteiger partial charge in [0.2, 0.25) is 0 Å². The van der Waals surface area contributed by atoms with E-state index in [1.54, 1.807) is 0 Å². The molecular weight excluding hydrogens is 274 g/mol. The van der Waals surface area contributed by atoms with Gasteiger partial charge >= 0.3 is 0 Å². The quantitative estimate of drug-likeness (QED) is 0.811. The molecule has 22 heavy (non-hydrogen) atoms. The predicted molar refractivity (Wildman–Crippen MR) is 90.9 cm³/mol. The van der Waals surface area contributed by atoms with Gasteiger partial charge in [-0.05, 0) is 29.8 Å². The third kappa shape index (κ3) is 3.65. The zero-order valence-electron chi connectivity index (χ0n) is 12.9. The molecule has 1 saturated heterocycles. The molecule has 1 heterocycles. The van der Waals surface area contributed by atoms with Crippen molar-refractivity contribution in [3.8, 4) is 0 Å². The third-order valence-corrected chi connectivity index (χ3v) is 3.78. The normalized spacial score (nSPS) is 15.2. The maximum Gasteiger partial charge on any atom is 0.0659 e. The molecule has 4 nitrogen and oxygen atoms in total. The van der Waals surface area contributed by atoms with Crippen molar-refractivity contribution in [3.05, 3.63) is 60.2 Å². The molecule has 0 aromatic heterocycles. The van der Waals surface area contributed by atoms with Crippen LogP contribution in [0.1, 0.15) is 5.56 Å². The molecule has 3 rings (SSSR count). The summed E-state index contributed by atoms with van der Waals surface area (Å²) in [6, 6.07) is 18.8. The highest BCUT2D eigenvalue weighted by molar-refractivity contribution is 5.80. The van der Waals surface area contributed by atoms with E-state index in [0.717, 1.165) is 37.6 Å². The van der Waals surface area contributed by atoms with Gasteiger partial charge in [0.05, 0.1) is 32.5 Å². The minimum atomic E-state index is 0.762. The fourth-order valence-corrected chi connectivity index (χ4v) is 2.40. The van der Waals surface area contributed by atoms with Gasteiger partial charge in [-0.1, -0.05) is 30.3 Å². The Morgan fingerprint density at radius 3 is 2.27 bits per heavy atom. The van der Waals surface area contributed by atoms with E-state index in [1.807, 2.05) is 17.3 Å². The van der Waals surface area contributed by atoms with Crippen LogP contribution in [0.3, 0.4) is 0 Å². The smallest absolute Gasteiger partial charge is 0.0659 e. The van der Waals surface area contributed by atoms with E-state index in [0.29, 0.717) is 0 Å². The Labute approximate surface area is 131 Å². The number of morpholine rings is 1. The van der Waals surface area contributed by atoms with Gasteiger partial charge in [0.25, 0.3) is 0 Å². The molecule has 0 bridgehead atoms. The number of ether oxygens (including phenoxy) is 1. The zero-order chi connectivity index (χ0) is 15.2. The van der Waals surface area contributed by atoms with Crippen molar-refractivity contribution in [2.45, 2.75) is 0 Å². The number of anilines is 2. The summed E-state index contributed by atoms with van der Waals surface area (Å²) in [6.45, 7) is 3.26. The number of nitrogens with zero attached hydrogens (tertiary/aromatic N) is 3. The summed E-state index contributed by atoms with van der Waals surface area (Å²) in [5, 5.41) is 6.55. The molecule has 0 saturated carbocycles.